The van der Waals surface area contributed by atoms with Crippen molar-refractivity contribution in [2.75, 3.05) is 13.2 Å². The molecule has 0 aliphatic carbocycles. The fraction of sp³-hybridized carbons (Fsp3) is 0.875. The van der Waals surface area contributed by atoms with E-state index in [0.29, 0.717) is 0 Å². The van der Waals surface area contributed by atoms with Crippen molar-refractivity contribution >= 4 is 11.8 Å². The predicted molar refractivity (Wildman–Crippen MR) is 91.8 cm³/mol. The smallest absolute Gasteiger partial charge is 0.217 e. The molecule has 10 atom stereocenters. The number of ether oxygens (including phenoxy) is 3. The Bertz CT molecular complexity index is 579. The quantitative estimate of drug-likeness (QED) is 0.202. The number of amides is 2. The number of aliphatic hydroxyl groups excluding tert-OH is 6. The highest BCUT2D eigenvalue weighted by Crippen LogP contribution is 2.28. The van der Waals surface area contributed by atoms with E-state index in [1.807, 2.05) is 0 Å². The molecule has 0 aromatic carbocycles. The van der Waals surface area contributed by atoms with Crippen LogP contribution < -0.4 is 10.6 Å². The Morgan fingerprint density at radius 3 is 1.86 bits per heavy atom. The molecule has 0 saturated carbocycles. The standard InChI is InChI=1S/C16H28N2O11/c1-5(21)17-9-13(25)11(23)7(3-19)28-16(9)29-14-10(18-6(2)22)15(26)27-8(4-20)12(14)24/h7-16,19-20,23-26H,3-4H2,1-2H3,(H,17,21)(H,18,22)/t7-,8-,9-,10-,11-,12-,13-,14-,15+,16+/m1/s1. The second-order valence-corrected chi connectivity index (χ2v) is 7.00. The van der Waals surface area contributed by atoms with Gasteiger partial charge in [0.1, 0.15) is 48.7 Å². The molecule has 0 aromatic heterocycles. The van der Waals surface area contributed by atoms with E-state index >= 15 is 0 Å². The van der Waals surface area contributed by atoms with Crippen molar-refractivity contribution < 1.29 is 54.4 Å². The number of nitrogens with one attached hydrogen (secondary N) is 2. The number of hydrogen-bond acceptors (Lipinski definition) is 11. The van der Waals surface area contributed by atoms with E-state index in [-0.39, 0.29) is 0 Å². The Morgan fingerprint density at radius 1 is 0.828 bits per heavy atom. The topological polar surface area (TPSA) is 207 Å². The van der Waals surface area contributed by atoms with Gasteiger partial charge in [0.05, 0.1) is 13.2 Å². The highest BCUT2D eigenvalue weighted by Gasteiger charge is 2.51. The molecule has 2 aliphatic rings. The Hall–Kier alpha value is -1.42. The summed E-state index contributed by atoms with van der Waals surface area (Å²) in [6.45, 7) is 0.959. The summed E-state index contributed by atoms with van der Waals surface area (Å²) < 4.78 is 16.2. The zero-order chi connectivity index (χ0) is 21.9. The molecular weight excluding hydrogens is 396 g/mol. The van der Waals surface area contributed by atoms with E-state index in [2.05, 4.69) is 10.6 Å². The Morgan fingerprint density at radius 2 is 1.34 bits per heavy atom. The van der Waals surface area contributed by atoms with Crippen molar-refractivity contribution in [2.24, 2.45) is 0 Å². The number of hydrogen-bond donors (Lipinski definition) is 8. The molecule has 2 rings (SSSR count). The van der Waals surface area contributed by atoms with Crippen LogP contribution >= 0.6 is 0 Å². The third kappa shape index (κ3) is 5.39. The Labute approximate surface area is 166 Å². The number of carbonyl (C=O) groups is 2. The molecule has 13 nitrogen and oxygen atoms in total. The zero-order valence-electron chi connectivity index (χ0n) is 15.9. The zero-order valence-corrected chi connectivity index (χ0v) is 15.9. The van der Waals surface area contributed by atoms with Crippen molar-refractivity contribution in [3.05, 3.63) is 0 Å². The normalized spacial score (nSPS) is 42.9. The minimum atomic E-state index is -1.66. The predicted octanol–water partition coefficient (Wildman–Crippen LogP) is -5.11. The maximum Gasteiger partial charge on any atom is 0.217 e. The average Bonchev–Trinajstić information content (AvgIpc) is 2.65. The van der Waals surface area contributed by atoms with Gasteiger partial charge in [-0.05, 0) is 0 Å². The lowest BCUT2D eigenvalue weighted by atomic mass is 9.94. The van der Waals surface area contributed by atoms with Gasteiger partial charge in [-0.2, -0.15) is 0 Å². The van der Waals surface area contributed by atoms with Crippen LogP contribution in [-0.2, 0) is 23.8 Å². The third-order valence-corrected chi connectivity index (χ3v) is 4.78. The Kier molecular flexibility index (Phi) is 8.28. The van der Waals surface area contributed by atoms with Gasteiger partial charge in [0, 0.05) is 13.8 Å². The van der Waals surface area contributed by atoms with Crippen LogP contribution in [0.5, 0.6) is 0 Å². The Balaban J connectivity index is 2.31. The summed E-state index contributed by atoms with van der Waals surface area (Å²) in [5.74, 6) is -1.16. The molecule has 2 heterocycles. The first-order valence-corrected chi connectivity index (χ1v) is 9.05. The monoisotopic (exact) mass is 424 g/mol. The molecule has 0 spiro atoms. The SMILES string of the molecule is CC(=O)N[C@@H]1[C@@H](O[C@@H]2O[C@H](CO)[C@@H](O)[C@H](O)[C@H]2NC(C)=O)[C@H](O)[C@@H](CO)O[C@@H]1O. The van der Waals surface area contributed by atoms with Gasteiger partial charge < -0.3 is 55.5 Å². The fourth-order valence-electron chi connectivity index (χ4n) is 3.38. The van der Waals surface area contributed by atoms with Crippen LogP contribution in [0.2, 0.25) is 0 Å². The molecule has 0 bridgehead atoms. The molecule has 13 heteroatoms. The first kappa shape index (κ1) is 23.9. The van der Waals surface area contributed by atoms with E-state index in [1.165, 1.54) is 0 Å². The molecule has 2 amide bonds. The third-order valence-electron chi connectivity index (χ3n) is 4.78. The molecular formula is C16H28N2O11. The summed E-state index contributed by atoms with van der Waals surface area (Å²) in [4.78, 5) is 23.0. The van der Waals surface area contributed by atoms with Gasteiger partial charge in [-0.3, -0.25) is 9.59 Å². The number of carbonyl (C=O) groups excluding carboxylic acids is 2. The molecule has 8 N–H and O–H groups in total. The summed E-state index contributed by atoms with van der Waals surface area (Å²) in [5.41, 5.74) is 0. The van der Waals surface area contributed by atoms with E-state index in [4.69, 9.17) is 14.2 Å². The van der Waals surface area contributed by atoms with Crippen molar-refractivity contribution in [1.82, 2.24) is 10.6 Å². The van der Waals surface area contributed by atoms with E-state index in [1.54, 1.807) is 0 Å². The first-order chi connectivity index (χ1) is 13.6. The molecule has 0 radical (unpaired) electrons. The molecule has 2 saturated heterocycles. The maximum absolute atomic E-state index is 11.5. The van der Waals surface area contributed by atoms with Gasteiger partial charge >= 0.3 is 0 Å². The lowest BCUT2D eigenvalue weighted by Crippen LogP contribution is -2.69. The van der Waals surface area contributed by atoms with E-state index in [0.717, 1.165) is 13.8 Å². The molecule has 0 aromatic rings. The molecule has 2 fully saturated rings. The van der Waals surface area contributed by atoms with Crippen LogP contribution in [0.3, 0.4) is 0 Å². The van der Waals surface area contributed by atoms with Crippen LogP contribution in [0.15, 0.2) is 0 Å². The summed E-state index contributed by atoms with van der Waals surface area (Å²) >= 11 is 0. The summed E-state index contributed by atoms with van der Waals surface area (Å²) in [6, 6.07) is -2.59. The largest absolute Gasteiger partial charge is 0.394 e. The minimum Gasteiger partial charge on any atom is -0.394 e. The second-order valence-electron chi connectivity index (χ2n) is 7.00. The van der Waals surface area contributed by atoms with Gasteiger partial charge in [-0.15, -0.1) is 0 Å². The second kappa shape index (κ2) is 10.1. The maximum atomic E-state index is 11.5. The van der Waals surface area contributed by atoms with Gasteiger partial charge in [0.15, 0.2) is 12.6 Å². The van der Waals surface area contributed by atoms with Gasteiger partial charge in [0.25, 0.3) is 0 Å². The minimum absolute atomic E-state index is 0.576. The molecule has 2 aliphatic heterocycles. The van der Waals surface area contributed by atoms with Crippen LogP contribution in [0.25, 0.3) is 0 Å². The average molecular weight is 424 g/mol. The number of rotatable bonds is 6. The lowest BCUT2D eigenvalue weighted by molar-refractivity contribution is -0.323. The van der Waals surface area contributed by atoms with Crippen molar-refractivity contribution in [2.45, 2.75) is 75.1 Å². The van der Waals surface area contributed by atoms with Crippen LogP contribution in [0.1, 0.15) is 13.8 Å². The van der Waals surface area contributed by atoms with Crippen LogP contribution in [0.4, 0.5) is 0 Å². The summed E-state index contributed by atoms with van der Waals surface area (Å²) in [5, 5.41) is 64.5. The van der Waals surface area contributed by atoms with Crippen LogP contribution in [0, 0.1) is 0 Å². The fourth-order valence-corrected chi connectivity index (χ4v) is 3.38. The van der Waals surface area contributed by atoms with E-state index in [9.17, 15) is 40.2 Å². The molecule has 0 unspecified atom stereocenters. The lowest BCUT2D eigenvalue weighted by Gasteiger charge is -2.47. The molecule has 29 heavy (non-hydrogen) atoms. The van der Waals surface area contributed by atoms with Crippen molar-refractivity contribution in [3.63, 3.8) is 0 Å². The van der Waals surface area contributed by atoms with E-state index < -0.39 is 86.3 Å². The van der Waals surface area contributed by atoms with Gasteiger partial charge in [0.2, 0.25) is 11.8 Å². The first-order valence-electron chi connectivity index (χ1n) is 9.05. The highest BCUT2D eigenvalue weighted by molar-refractivity contribution is 5.73. The van der Waals surface area contributed by atoms with Gasteiger partial charge in [-0.1, -0.05) is 0 Å². The van der Waals surface area contributed by atoms with Crippen molar-refractivity contribution in [1.29, 1.82) is 0 Å². The summed E-state index contributed by atoms with van der Waals surface area (Å²) in [7, 11) is 0. The molecule has 168 valence electrons. The highest BCUT2D eigenvalue weighted by atomic mass is 16.7. The van der Waals surface area contributed by atoms with Crippen molar-refractivity contribution in [3.8, 4) is 0 Å². The van der Waals surface area contributed by atoms with Gasteiger partial charge in [-0.25, -0.2) is 0 Å². The van der Waals surface area contributed by atoms with Crippen LogP contribution in [-0.4, -0.2) is 117 Å². The number of aliphatic hydroxyl groups is 6. The summed E-state index contributed by atoms with van der Waals surface area (Å²) in [6.07, 6.45) is -11.8.